The number of hydrogen-bond donors (Lipinski definition) is 4. The molecule has 6 amide bonds. The average molecular weight is 759 g/mol. The average Bonchev–Trinajstić information content (AvgIpc) is 3.56. The second-order valence-corrected chi connectivity index (χ2v) is 15.1. The van der Waals surface area contributed by atoms with Gasteiger partial charge in [0.15, 0.2) is 0 Å². The lowest BCUT2D eigenvalue weighted by atomic mass is 9.77. The maximum Gasteiger partial charge on any atom is 0.246 e. The summed E-state index contributed by atoms with van der Waals surface area (Å²) < 4.78 is 11.5. The first-order valence-electron chi connectivity index (χ1n) is 18.6. The highest BCUT2D eigenvalue weighted by Gasteiger charge is 2.46. The van der Waals surface area contributed by atoms with Crippen LogP contribution < -0.4 is 25.4 Å². The summed E-state index contributed by atoms with van der Waals surface area (Å²) in [4.78, 5) is 88.3. The van der Waals surface area contributed by atoms with Crippen LogP contribution in [-0.4, -0.2) is 132 Å². The standard InChI is InChI=1S/C40H50N6O9/c1-20-35(48)42-21(2)38(51)44(4)28(17-23-8-12-26(54-7)13-9-23)36(49)43-22(3)39(52)46(6)30-18-24-10-15-32-27(16-24)33-25(11-14-31(47)34(33)55-32)19-29(37(50)41-20)45(5)40(30)53/h8-13,15-16,20-22,28-31,33-34,47H,14,17-19H2,1-7H3,(H,41,50)(H,42,48)(H,43,49). The van der Waals surface area contributed by atoms with Gasteiger partial charge in [-0.3, -0.25) is 28.8 Å². The summed E-state index contributed by atoms with van der Waals surface area (Å²) in [5.74, 6) is -2.71. The Kier molecular flexibility index (Phi) is 11.2. The predicted octanol–water partition coefficient (Wildman–Crippen LogP) is 0.428. The summed E-state index contributed by atoms with van der Waals surface area (Å²) in [6, 6.07) is 5.85. The van der Waals surface area contributed by atoms with Gasteiger partial charge in [0.1, 0.15) is 53.9 Å². The number of aliphatic hydroxyl groups is 1. The van der Waals surface area contributed by atoms with Crippen LogP contribution in [0.1, 0.15) is 56.2 Å². The van der Waals surface area contributed by atoms with Crippen molar-refractivity contribution in [2.45, 2.75) is 101 Å². The van der Waals surface area contributed by atoms with E-state index in [0.29, 0.717) is 17.1 Å². The van der Waals surface area contributed by atoms with Crippen molar-refractivity contribution in [3.63, 3.8) is 0 Å². The molecule has 4 aliphatic rings. The molecule has 9 atom stereocenters. The van der Waals surface area contributed by atoms with Crippen LogP contribution in [0.3, 0.4) is 0 Å². The molecule has 0 radical (unpaired) electrons. The maximum absolute atomic E-state index is 14.6. The number of nitrogens with one attached hydrogen (secondary N) is 3. The van der Waals surface area contributed by atoms with Gasteiger partial charge in [0.05, 0.1) is 13.2 Å². The molecule has 1 fully saturated rings. The highest BCUT2D eigenvalue weighted by molar-refractivity contribution is 5.98. The second kappa shape index (κ2) is 15.7. The summed E-state index contributed by atoms with van der Waals surface area (Å²) in [7, 11) is 5.96. The Bertz CT molecular complexity index is 1900. The lowest BCUT2D eigenvalue weighted by molar-refractivity contribution is -0.149. The molecular weight excluding hydrogens is 708 g/mol. The Labute approximate surface area is 320 Å². The van der Waals surface area contributed by atoms with Crippen LogP contribution in [0.5, 0.6) is 11.5 Å². The van der Waals surface area contributed by atoms with E-state index < -0.39 is 83.9 Å². The molecule has 2 aromatic rings. The maximum atomic E-state index is 14.6. The van der Waals surface area contributed by atoms with Crippen LogP contribution in [-0.2, 0) is 41.6 Å². The molecule has 9 unspecified atom stereocenters. The number of nitrogens with zero attached hydrogens (tertiary/aromatic N) is 3. The molecular formula is C40H50N6O9. The number of hydrogen-bond acceptors (Lipinski definition) is 9. The van der Waals surface area contributed by atoms with Gasteiger partial charge >= 0.3 is 0 Å². The number of carbonyl (C=O) groups excluding carboxylic acids is 6. The minimum Gasteiger partial charge on any atom is -0.497 e. The molecule has 55 heavy (non-hydrogen) atoms. The van der Waals surface area contributed by atoms with Crippen LogP contribution in [0.25, 0.3) is 0 Å². The van der Waals surface area contributed by atoms with Crippen LogP contribution >= 0.6 is 0 Å². The minimum absolute atomic E-state index is 0.0649. The fraction of sp³-hybridized carbons (Fsp3) is 0.500. The van der Waals surface area contributed by atoms with E-state index in [1.165, 1.54) is 63.7 Å². The number of carbonyl (C=O) groups is 6. The fourth-order valence-electron chi connectivity index (χ4n) is 8.01. The third-order valence-electron chi connectivity index (χ3n) is 11.4. The van der Waals surface area contributed by atoms with Crippen molar-refractivity contribution >= 4 is 35.4 Å². The third kappa shape index (κ3) is 7.75. The highest BCUT2D eigenvalue weighted by atomic mass is 16.5. The number of fused-ring (bicyclic) bond motifs is 4. The smallest absolute Gasteiger partial charge is 0.246 e. The molecule has 6 rings (SSSR count). The molecule has 0 spiro atoms. The number of amides is 6. The fourth-order valence-corrected chi connectivity index (χ4v) is 8.01. The van der Waals surface area contributed by atoms with Crippen molar-refractivity contribution in [2.24, 2.45) is 0 Å². The van der Waals surface area contributed by atoms with Crippen LogP contribution in [0.4, 0.5) is 0 Å². The number of methoxy groups -OCH3 is 1. The molecule has 1 saturated heterocycles. The van der Waals surface area contributed by atoms with Crippen molar-refractivity contribution in [2.75, 3.05) is 28.3 Å². The first kappa shape index (κ1) is 39.3. The Balaban J connectivity index is 1.40. The molecule has 15 heteroatoms. The minimum atomic E-state index is -1.13. The zero-order valence-corrected chi connectivity index (χ0v) is 32.2. The molecule has 294 valence electrons. The van der Waals surface area contributed by atoms with E-state index in [1.807, 2.05) is 18.2 Å². The number of ether oxygens (including phenoxy) is 2. The van der Waals surface area contributed by atoms with Crippen molar-refractivity contribution in [3.8, 4) is 11.5 Å². The lowest BCUT2D eigenvalue weighted by Gasteiger charge is -2.37. The first-order chi connectivity index (χ1) is 26.1. The quantitative estimate of drug-likeness (QED) is 0.322. The van der Waals surface area contributed by atoms with Gasteiger partial charge in [-0.1, -0.05) is 35.9 Å². The Morgan fingerprint density at radius 2 is 1.36 bits per heavy atom. The van der Waals surface area contributed by atoms with Crippen LogP contribution in [0.15, 0.2) is 54.1 Å². The van der Waals surface area contributed by atoms with Crippen molar-refractivity contribution in [3.05, 3.63) is 70.8 Å². The SMILES string of the molecule is COc1ccc(CC2C(=O)NC(C)C(=O)N(C)C3Cc4ccc5c(c4)C4C(=CCC(O)C4O5)CC(C(=O)NC(C)C(=O)NC(C)C(=O)N2C)N(C)C3=O)cc1. The van der Waals surface area contributed by atoms with Gasteiger partial charge in [-0.25, -0.2) is 0 Å². The second-order valence-electron chi connectivity index (χ2n) is 15.1. The Morgan fingerprint density at radius 1 is 0.745 bits per heavy atom. The number of aliphatic hydroxyl groups excluding tert-OH is 1. The van der Waals surface area contributed by atoms with E-state index in [9.17, 15) is 33.9 Å². The summed E-state index contributed by atoms with van der Waals surface area (Å²) in [6.45, 7) is 4.47. The van der Waals surface area contributed by atoms with E-state index in [4.69, 9.17) is 9.47 Å². The monoisotopic (exact) mass is 758 g/mol. The van der Waals surface area contributed by atoms with Gasteiger partial charge in [0.2, 0.25) is 35.4 Å². The first-order valence-corrected chi connectivity index (χ1v) is 18.6. The van der Waals surface area contributed by atoms with Gasteiger partial charge in [0, 0.05) is 45.5 Å². The summed E-state index contributed by atoms with van der Waals surface area (Å²) in [5.41, 5.74) is 3.06. The van der Waals surface area contributed by atoms with Gasteiger partial charge in [-0.05, 0) is 62.9 Å². The molecule has 0 aromatic heterocycles. The van der Waals surface area contributed by atoms with E-state index in [-0.39, 0.29) is 31.6 Å². The normalized spacial score (nSPS) is 30.7. The topological polar surface area (TPSA) is 187 Å². The van der Waals surface area contributed by atoms with E-state index >= 15 is 0 Å². The van der Waals surface area contributed by atoms with Gasteiger partial charge in [-0.15, -0.1) is 0 Å². The lowest BCUT2D eigenvalue weighted by Crippen LogP contribution is -2.61. The van der Waals surface area contributed by atoms with Gasteiger partial charge in [-0.2, -0.15) is 0 Å². The summed E-state index contributed by atoms with van der Waals surface area (Å²) >= 11 is 0. The van der Waals surface area contributed by atoms with Crippen LogP contribution in [0.2, 0.25) is 0 Å². The molecule has 3 heterocycles. The van der Waals surface area contributed by atoms with Crippen molar-refractivity contribution in [1.29, 1.82) is 0 Å². The van der Waals surface area contributed by atoms with Crippen molar-refractivity contribution < 1.29 is 43.3 Å². The number of likely N-dealkylation sites (N-methyl/N-ethyl adjacent to an activating group) is 3. The summed E-state index contributed by atoms with van der Waals surface area (Å²) in [5, 5.41) is 19.1. The Morgan fingerprint density at radius 3 is 2.04 bits per heavy atom. The van der Waals surface area contributed by atoms with Gasteiger partial charge in [0.25, 0.3) is 0 Å². The van der Waals surface area contributed by atoms with Crippen molar-refractivity contribution in [1.82, 2.24) is 30.7 Å². The largest absolute Gasteiger partial charge is 0.497 e. The number of benzene rings is 2. The van der Waals surface area contributed by atoms with Gasteiger partial charge < -0.3 is 45.2 Å². The molecule has 15 nitrogen and oxygen atoms in total. The zero-order valence-electron chi connectivity index (χ0n) is 32.2. The molecule has 3 aliphatic heterocycles. The number of rotatable bonds is 3. The predicted molar refractivity (Wildman–Crippen MR) is 200 cm³/mol. The molecule has 4 N–H and O–H groups in total. The molecule has 1 aliphatic carbocycles. The highest BCUT2D eigenvalue weighted by Crippen LogP contribution is 2.48. The van der Waals surface area contributed by atoms with Crippen LogP contribution in [0, 0.1) is 0 Å². The van der Waals surface area contributed by atoms with E-state index in [2.05, 4.69) is 16.0 Å². The molecule has 4 bridgehead atoms. The Hall–Kier alpha value is -5.44. The van der Waals surface area contributed by atoms with E-state index in [0.717, 1.165) is 16.7 Å². The molecule has 2 aromatic carbocycles. The third-order valence-corrected chi connectivity index (χ3v) is 11.4. The zero-order chi connectivity index (χ0) is 39.9. The van der Waals surface area contributed by atoms with E-state index in [1.54, 1.807) is 30.3 Å². The summed E-state index contributed by atoms with van der Waals surface area (Å²) in [6.07, 6.45) is 0.992. The molecule has 0 saturated carbocycles.